The van der Waals surface area contributed by atoms with Crippen LogP contribution in [0.15, 0.2) is 36.4 Å². The maximum Gasteiger partial charge on any atom is 0.419 e. The summed E-state index contributed by atoms with van der Waals surface area (Å²) in [7, 11) is 1.56. The summed E-state index contributed by atoms with van der Waals surface area (Å²) in [5.41, 5.74) is 6.32. The first-order valence-corrected chi connectivity index (χ1v) is 8.41. The Labute approximate surface area is 150 Å². The lowest BCUT2D eigenvalue weighted by molar-refractivity contribution is -0.136. The minimum atomic E-state index is -4.58. The summed E-state index contributed by atoms with van der Waals surface area (Å²) in [6.07, 6.45) is -2.49. The fourth-order valence-electron chi connectivity index (χ4n) is 3.03. The van der Waals surface area contributed by atoms with Crippen LogP contribution in [0.3, 0.4) is 0 Å². The lowest BCUT2D eigenvalue weighted by atomic mass is 9.96. The van der Waals surface area contributed by atoms with Crippen molar-refractivity contribution in [2.75, 3.05) is 24.4 Å². The maximum absolute atomic E-state index is 13.8. The molecule has 1 saturated carbocycles. The average Bonchev–Trinajstić information content (AvgIpc) is 3.38. The van der Waals surface area contributed by atoms with Gasteiger partial charge < -0.3 is 15.5 Å². The van der Waals surface area contributed by atoms with E-state index in [4.69, 9.17) is 16.3 Å². The van der Waals surface area contributed by atoms with Crippen LogP contribution in [0.2, 0.25) is 0 Å². The Bertz CT molecular complexity index is 771. The van der Waals surface area contributed by atoms with Crippen LogP contribution in [0.5, 0.6) is 0 Å². The molecule has 4 N–H and O–H groups in total. The minimum absolute atomic E-state index is 0.0440. The number of methoxy groups -OCH3 is 1. The van der Waals surface area contributed by atoms with Crippen LogP contribution < -0.4 is 16.6 Å². The van der Waals surface area contributed by atoms with Crippen molar-refractivity contribution in [1.82, 2.24) is 0 Å². The van der Waals surface area contributed by atoms with Crippen LogP contribution in [0, 0.1) is 5.92 Å². The zero-order valence-electron chi connectivity index (χ0n) is 14.5. The number of nitrogens with two attached hydrogens (primary N) is 2. The molecule has 0 aromatic heterocycles. The predicted molar refractivity (Wildman–Crippen MR) is 96.3 cm³/mol. The van der Waals surface area contributed by atoms with Crippen LogP contribution in [-0.2, 0) is 17.5 Å². The molecule has 0 radical (unpaired) electrons. The van der Waals surface area contributed by atoms with E-state index < -0.39 is 11.7 Å². The van der Waals surface area contributed by atoms with Crippen molar-refractivity contribution >= 4 is 11.4 Å². The monoisotopic (exact) mass is 365 g/mol. The number of nitrogens with zero attached hydrogens (tertiary/aromatic N) is 1. The van der Waals surface area contributed by atoms with Gasteiger partial charge in [-0.3, -0.25) is 0 Å². The molecule has 0 atom stereocenters. The Kier molecular flexibility index (Phi) is 5.11. The van der Waals surface area contributed by atoms with E-state index in [1.807, 2.05) is 0 Å². The second-order valence-electron chi connectivity index (χ2n) is 6.64. The van der Waals surface area contributed by atoms with Crippen LogP contribution in [0.4, 0.5) is 24.5 Å². The van der Waals surface area contributed by atoms with E-state index in [-0.39, 0.29) is 16.9 Å². The summed E-state index contributed by atoms with van der Waals surface area (Å²) < 4.78 is 46.3. The van der Waals surface area contributed by atoms with E-state index in [1.165, 1.54) is 11.1 Å². The smallest absolute Gasteiger partial charge is 0.396 e. The van der Waals surface area contributed by atoms with Crippen LogP contribution in [0.25, 0.3) is 11.1 Å². The standard InChI is InChI=1S/C19H22F3N3O/c1-26-11-13-4-6-14(7-5-13)15-8-9-16(25(24)10-12-2-3-12)18(23)17(15)19(20,21)22/h4-9,12H,2-3,10-11,23-24H2,1H3. The number of hydrogen-bond donors (Lipinski definition) is 2. The van der Waals surface area contributed by atoms with Gasteiger partial charge in [0.2, 0.25) is 0 Å². The Balaban J connectivity index is 2.02. The Morgan fingerprint density at radius 3 is 2.31 bits per heavy atom. The predicted octanol–water partition coefficient (Wildman–Crippen LogP) is 4.19. The zero-order chi connectivity index (χ0) is 18.9. The van der Waals surface area contributed by atoms with Gasteiger partial charge in [0.15, 0.2) is 0 Å². The number of ether oxygens (including phenoxy) is 1. The van der Waals surface area contributed by atoms with Gasteiger partial charge in [0, 0.05) is 13.7 Å². The largest absolute Gasteiger partial charge is 0.419 e. The second kappa shape index (κ2) is 7.17. The molecule has 0 bridgehead atoms. The lowest BCUT2D eigenvalue weighted by Crippen LogP contribution is -2.34. The lowest BCUT2D eigenvalue weighted by Gasteiger charge is -2.24. The van der Waals surface area contributed by atoms with E-state index in [0.29, 0.717) is 24.6 Å². The molecule has 0 aliphatic heterocycles. The molecule has 7 heteroatoms. The molecular formula is C19H22F3N3O. The summed E-state index contributed by atoms with van der Waals surface area (Å²) in [6, 6.07) is 9.76. The summed E-state index contributed by atoms with van der Waals surface area (Å²) >= 11 is 0. The number of alkyl halides is 3. The number of benzene rings is 2. The minimum Gasteiger partial charge on any atom is -0.396 e. The molecule has 0 heterocycles. The highest BCUT2D eigenvalue weighted by Gasteiger charge is 2.38. The number of nitrogen functional groups attached to an aromatic ring is 1. The van der Waals surface area contributed by atoms with Gasteiger partial charge in [-0.2, -0.15) is 13.2 Å². The van der Waals surface area contributed by atoms with E-state index in [1.54, 1.807) is 37.4 Å². The summed E-state index contributed by atoms with van der Waals surface area (Å²) in [4.78, 5) is 0. The summed E-state index contributed by atoms with van der Waals surface area (Å²) in [6.45, 7) is 0.906. The van der Waals surface area contributed by atoms with Crippen molar-refractivity contribution in [2.45, 2.75) is 25.6 Å². The van der Waals surface area contributed by atoms with Crippen molar-refractivity contribution in [1.29, 1.82) is 0 Å². The molecule has 26 heavy (non-hydrogen) atoms. The first-order chi connectivity index (χ1) is 12.3. The first kappa shape index (κ1) is 18.5. The fourth-order valence-corrected chi connectivity index (χ4v) is 3.03. The molecule has 0 amide bonds. The number of anilines is 2. The SMILES string of the molecule is COCc1ccc(-c2ccc(N(N)CC3CC3)c(N)c2C(F)(F)F)cc1. The molecule has 0 saturated heterocycles. The first-order valence-electron chi connectivity index (χ1n) is 8.41. The highest BCUT2D eigenvalue weighted by molar-refractivity contribution is 5.82. The number of rotatable bonds is 6. The maximum atomic E-state index is 13.8. The molecule has 2 aromatic rings. The third-order valence-electron chi connectivity index (χ3n) is 4.54. The van der Waals surface area contributed by atoms with Crippen molar-refractivity contribution in [3.05, 3.63) is 47.5 Å². The Morgan fingerprint density at radius 2 is 1.77 bits per heavy atom. The van der Waals surface area contributed by atoms with Crippen molar-refractivity contribution in [3.63, 3.8) is 0 Å². The molecule has 140 valence electrons. The highest BCUT2D eigenvalue weighted by Crippen LogP contribution is 2.44. The van der Waals surface area contributed by atoms with Crippen molar-refractivity contribution in [3.8, 4) is 11.1 Å². The third kappa shape index (κ3) is 3.94. The van der Waals surface area contributed by atoms with E-state index in [0.717, 1.165) is 18.4 Å². The van der Waals surface area contributed by atoms with E-state index >= 15 is 0 Å². The number of hydrazine groups is 1. The average molecular weight is 365 g/mol. The zero-order valence-corrected chi connectivity index (χ0v) is 14.5. The quantitative estimate of drug-likeness (QED) is 0.458. The molecule has 4 nitrogen and oxygen atoms in total. The second-order valence-corrected chi connectivity index (χ2v) is 6.64. The topological polar surface area (TPSA) is 64.5 Å². The summed E-state index contributed by atoms with van der Waals surface area (Å²) in [5, 5.41) is 1.33. The number of halogens is 3. The van der Waals surface area contributed by atoms with Gasteiger partial charge in [0.1, 0.15) is 0 Å². The number of hydrogen-bond acceptors (Lipinski definition) is 4. The van der Waals surface area contributed by atoms with Gasteiger partial charge in [-0.05, 0) is 41.5 Å². The van der Waals surface area contributed by atoms with Crippen molar-refractivity contribution in [2.24, 2.45) is 11.8 Å². The normalized spacial score (nSPS) is 14.5. The molecule has 1 aliphatic rings. The Morgan fingerprint density at radius 1 is 1.12 bits per heavy atom. The van der Waals surface area contributed by atoms with Gasteiger partial charge in [-0.25, -0.2) is 5.84 Å². The highest BCUT2D eigenvalue weighted by atomic mass is 19.4. The third-order valence-corrected chi connectivity index (χ3v) is 4.54. The van der Waals surface area contributed by atoms with Gasteiger partial charge >= 0.3 is 6.18 Å². The fraction of sp³-hybridized carbons (Fsp3) is 0.368. The summed E-state index contributed by atoms with van der Waals surface area (Å²) in [5.74, 6) is 6.40. The van der Waals surface area contributed by atoms with Crippen molar-refractivity contribution < 1.29 is 17.9 Å². The van der Waals surface area contributed by atoms with Crippen LogP contribution >= 0.6 is 0 Å². The molecule has 0 spiro atoms. The van der Waals surface area contributed by atoms with E-state index in [2.05, 4.69) is 0 Å². The van der Waals surface area contributed by atoms with Crippen LogP contribution in [0.1, 0.15) is 24.0 Å². The van der Waals surface area contributed by atoms with Crippen LogP contribution in [-0.4, -0.2) is 13.7 Å². The molecule has 3 rings (SSSR count). The molecule has 1 aliphatic carbocycles. The van der Waals surface area contributed by atoms with Gasteiger partial charge in [-0.15, -0.1) is 0 Å². The van der Waals surface area contributed by atoms with Gasteiger partial charge in [0.05, 0.1) is 23.5 Å². The van der Waals surface area contributed by atoms with E-state index in [9.17, 15) is 13.2 Å². The molecular weight excluding hydrogens is 343 g/mol. The van der Waals surface area contributed by atoms with Gasteiger partial charge in [-0.1, -0.05) is 30.3 Å². The Hall–Kier alpha value is -2.25. The molecule has 2 aromatic carbocycles. The molecule has 0 unspecified atom stereocenters. The van der Waals surface area contributed by atoms with Gasteiger partial charge in [0.25, 0.3) is 0 Å². The molecule has 1 fully saturated rings.